The van der Waals surface area contributed by atoms with Crippen molar-refractivity contribution in [2.24, 2.45) is 0 Å². The molecule has 0 N–H and O–H groups in total. The molecule has 0 spiro atoms. The van der Waals surface area contributed by atoms with Gasteiger partial charge in [-0.15, -0.1) is 0 Å². The Morgan fingerprint density at radius 2 is 1.86 bits per heavy atom. The number of hydrogen-bond donors (Lipinski definition) is 0. The molecule has 7 heteroatoms. The number of pyridine rings is 1. The summed E-state index contributed by atoms with van der Waals surface area (Å²) in [5, 5.41) is -0.467. The molecular formula is C21H26N2O4S. The second kappa shape index (κ2) is 8.73. The predicted molar refractivity (Wildman–Crippen MR) is 107 cm³/mol. The van der Waals surface area contributed by atoms with Gasteiger partial charge in [0.15, 0.2) is 9.84 Å². The fourth-order valence-electron chi connectivity index (χ4n) is 3.23. The van der Waals surface area contributed by atoms with Crippen LogP contribution in [0, 0.1) is 0 Å². The van der Waals surface area contributed by atoms with Crippen LogP contribution < -0.4 is 4.74 Å². The minimum atomic E-state index is -3.30. The number of sulfone groups is 1. The molecule has 1 atom stereocenters. The van der Waals surface area contributed by atoms with Crippen LogP contribution >= 0.6 is 0 Å². The zero-order valence-corrected chi connectivity index (χ0v) is 17.1. The molecule has 28 heavy (non-hydrogen) atoms. The Balaban J connectivity index is 1.59. The van der Waals surface area contributed by atoms with Crippen LogP contribution in [0.2, 0.25) is 0 Å². The highest BCUT2D eigenvalue weighted by molar-refractivity contribution is 7.92. The first kappa shape index (κ1) is 20.3. The normalized spacial score (nSPS) is 17.5. The number of ether oxygens (including phenoxy) is 1. The fraction of sp³-hybridized carbons (Fsp3) is 0.429. The van der Waals surface area contributed by atoms with Crippen molar-refractivity contribution >= 4 is 15.7 Å². The number of carbonyl (C=O) groups excluding carboxylic acids is 1. The third-order valence-electron chi connectivity index (χ3n) is 4.91. The van der Waals surface area contributed by atoms with Crippen LogP contribution in [0.25, 0.3) is 0 Å². The van der Waals surface area contributed by atoms with Gasteiger partial charge in [-0.3, -0.25) is 9.78 Å². The number of rotatable bonds is 6. The number of nitrogens with zero attached hydrogens (tertiary/aromatic N) is 2. The van der Waals surface area contributed by atoms with E-state index in [2.05, 4.69) is 4.98 Å². The Morgan fingerprint density at radius 1 is 1.18 bits per heavy atom. The monoisotopic (exact) mass is 402 g/mol. The largest absolute Gasteiger partial charge is 0.488 e. The maximum atomic E-state index is 12.7. The van der Waals surface area contributed by atoms with E-state index >= 15 is 0 Å². The standard InChI is InChI=1S/C21H26N2O4S/c1-16(2)28(25,26)20-7-5-17(6-8-20)14-21(24)23-13-3-4-19(15-23)27-18-9-11-22-12-10-18/h5-12,16,19H,3-4,13-15H2,1-2H3. The topological polar surface area (TPSA) is 76.6 Å². The molecule has 2 aromatic rings. The summed E-state index contributed by atoms with van der Waals surface area (Å²) in [4.78, 5) is 18.8. The van der Waals surface area contributed by atoms with Crippen molar-refractivity contribution in [2.75, 3.05) is 13.1 Å². The molecule has 1 unspecified atom stereocenters. The van der Waals surface area contributed by atoms with E-state index in [1.165, 1.54) is 0 Å². The van der Waals surface area contributed by atoms with Crippen molar-refractivity contribution in [1.82, 2.24) is 9.88 Å². The fourth-order valence-corrected chi connectivity index (χ4v) is 4.29. The number of carbonyl (C=O) groups is 1. The van der Waals surface area contributed by atoms with E-state index in [1.54, 1.807) is 50.5 Å². The van der Waals surface area contributed by atoms with Gasteiger partial charge in [-0.2, -0.15) is 0 Å². The van der Waals surface area contributed by atoms with Crippen molar-refractivity contribution in [2.45, 2.75) is 49.4 Å². The van der Waals surface area contributed by atoms with E-state index in [-0.39, 0.29) is 18.4 Å². The van der Waals surface area contributed by atoms with Crippen molar-refractivity contribution < 1.29 is 17.9 Å². The lowest BCUT2D eigenvalue weighted by atomic mass is 10.1. The third kappa shape index (κ3) is 4.90. The van der Waals surface area contributed by atoms with Gasteiger partial charge in [0, 0.05) is 18.9 Å². The highest BCUT2D eigenvalue weighted by atomic mass is 32.2. The van der Waals surface area contributed by atoms with E-state index in [0.717, 1.165) is 30.7 Å². The van der Waals surface area contributed by atoms with Crippen LogP contribution in [-0.4, -0.2) is 48.7 Å². The van der Waals surface area contributed by atoms with E-state index in [0.29, 0.717) is 11.4 Å². The van der Waals surface area contributed by atoms with Gasteiger partial charge >= 0.3 is 0 Å². The van der Waals surface area contributed by atoms with Gasteiger partial charge in [0.25, 0.3) is 0 Å². The average molecular weight is 403 g/mol. The van der Waals surface area contributed by atoms with Crippen molar-refractivity contribution in [3.8, 4) is 5.75 Å². The Morgan fingerprint density at radius 3 is 2.50 bits per heavy atom. The van der Waals surface area contributed by atoms with Crippen LogP contribution in [0.15, 0.2) is 53.7 Å². The van der Waals surface area contributed by atoms with Crippen molar-refractivity contribution in [3.05, 3.63) is 54.4 Å². The van der Waals surface area contributed by atoms with E-state index in [1.807, 2.05) is 17.0 Å². The first-order valence-electron chi connectivity index (χ1n) is 9.53. The molecule has 0 radical (unpaired) electrons. The van der Waals surface area contributed by atoms with Crippen LogP contribution in [-0.2, 0) is 21.1 Å². The number of benzene rings is 1. The first-order valence-corrected chi connectivity index (χ1v) is 11.1. The summed E-state index contributed by atoms with van der Waals surface area (Å²) in [7, 11) is -3.30. The first-order chi connectivity index (χ1) is 13.4. The van der Waals surface area contributed by atoms with Gasteiger partial charge in [-0.1, -0.05) is 12.1 Å². The number of hydrogen-bond acceptors (Lipinski definition) is 5. The van der Waals surface area contributed by atoms with E-state index in [9.17, 15) is 13.2 Å². The molecule has 1 aromatic heterocycles. The summed E-state index contributed by atoms with van der Waals surface area (Å²) < 4.78 is 30.4. The average Bonchev–Trinajstić information content (AvgIpc) is 2.69. The van der Waals surface area contributed by atoms with Gasteiger partial charge in [-0.25, -0.2) is 8.42 Å². The molecule has 1 aliphatic heterocycles. The molecule has 1 saturated heterocycles. The molecule has 6 nitrogen and oxygen atoms in total. The molecule has 1 amide bonds. The summed E-state index contributed by atoms with van der Waals surface area (Å²) in [6.45, 7) is 4.59. The van der Waals surface area contributed by atoms with Crippen molar-refractivity contribution in [3.63, 3.8) is 0 Å². The summed E-state index contributed by atoms with van der Waals surface area (Å²) in [5.41, 5.74) is 0.810. The maximum Gasteiger partial charge on any atom is 0.227 e. The minimum absolute atomic E-state index is 0.0290. The lowest BCUT2D eigenvalue weighted by Crippen LogP contribution is -2.45. The Labute approximate surface area is 166 Å². The SMILES string of the molecule is CC(C)S(=O)(=O)c1ccc(CC(=O)N2CCCC(Oc3ccncc3)C2)cc1. The lowest BCUT2D eigenvalue weighted by molar-refractivity contribution is -0.133. The second-order valence-corrected chi connectivity index (χ2v) is 9.82. The summed E-state index contributed by atoms with van der Waals surface area (Å²) >= 11 is 0. The zero-order chi connectivity index (χ0) is 20.1. The molecule has 1 fully saturated rings. The van der Waals surface area contributed by atoms with Crippen LogP contribution in [0.4, 0.5) is 0 Å². The second-order valence-electron chi connectivity index (χ2n) is 7.32. The summed E-state index contributed by atoms with van der Waals surface area (Å²) in [6, 6.07) is 10.2. The van der Waals surface area contributed by atoms with E-state index < -0.39 is 15.1 Å². The van der Waals surface area contributed by atoms with Gasteiger partial charge in [-0.05, 0) is 56.5 Å². The van der Waals surface area contributed by atoms with Crippen LogP contribution in [0.1, 0.15) is 32.3 Å². The predicted octanol–water partition coefficient (Wildman–Crippen LogP) is 2.88. The number of aromatic nitrogens is 1. The van der Waals surface area contributed by atoms with Crippen LogP contribution in [0.5, 0.6) is 5.75 Å². The van der Waals surface area contributed by atoms with E-state index in [4.69, 9.17) is 4.74 Å². The van der Waals surface area contributed by atoms with Gasteiger partial charge < -0.3 is 9.64 Å². The summed E-state index contributed by atoms with van der Waals surface area (Å²) in [5.74, 6) is 0.791. The zero-order valence-electron chi connectivity index (χ0n) is 16.2. The number of amides is 1. The molecule has 1 aliphatic rings. The molecule has 3 rings (SSSR count). The molecular weight excluding hydrogens is 376 g/mol. The number of likely N-dealkylation sites (tertiary alicyclic amines) is 1. The highest BCUT2D eigenvalue weighted by Gasteiger charge is 2.25. The smallest absolute Gasteiger partial charge is 0.227 e. The molecule has 0 aliphatic carbocycles. The quantitative estimate of drug-likeness (QED) is 0.743. The molecule has 1 aromatic carbocycles. The molecule has 0 bridgehead atoms. The minimum Gasteiger partial charge on any atom is -0.488 e. The Bertz CT molecular complexity index is 896. The Hall–Kier alpha value is -2.41. The van der Waals surface area contributed by atoms with Crippen LogP contribution in [0.3, 0.4) is 0 Å². The van der Waals surface area contributed by atoms with Crippen molar-refractivity contribution in [1.29, 1.82) is 0 Å². The third-order valence-corrected chi connectivity index (χ3v) is 7.08. The molecule has 0 saturated carbocycles. The lowest BCUT2D eigenvalue weighted by Gasteiger charge is -2.33. The molecule has 150 valence electrons. The van der Waals surface area contributed by atoms with Gasteiger partial charge in [0.05, 0.1) is 23.1 Å². The maximum absolute atomic E-state index is 12.7. The summed E-state index contributed by atoms with van der Waals surface area (Å²) in [6.07, 6.45) is 5.40. The van der Waals surface area contributed by atoms with Gasteiger partial charge in [0.2, 0.25) is 5.91 Å². The highest BCUT2D eigenvalue weighted by Crippen LogP contribution is 2.20. The van der Waals surface area contributed by atoms with Gasteiger partial charge in [0.1, 0.15) is 11.9 Å². The Kier molecular flexibility index (Phi) is 6.34. The number of piperidine rings is 1. The molecule has 2 heterocycles.